The molecule has 19 heavy (non-hydrogen) atoms. The first kappa shape index (κ1) is 13.7. The number of halogens is 2. The average Bonchev–Trinajstić information content (AvgIpc) is 2.31. The fraction of sp³-hybridized carbons (Fsp3) is 0.250. The average molecular weight is 262 g/mol. The van der Waals surface area contributed by atoms with Gasteiger partial charge in [0, 0.05) is 5.56 Å². The van der Waals surface area contributed by atoms with Crippen molar-refractivity contribution in [3.8, 4) is 0 Å². The summed E-state index contributed by atoms with van der Waals surface area (Å²) in [5.74, 6) is -1.11. The van der Waals surface area contributed by atoms with E-state index in [0.717, 1.165) is 23.3 Å². The molecule has 1 atom stereocenters. The van der Waals surface area contributed by atoms with E-state index in [1.54, 1.807) is 12.1 Å². The largest absolute Gasteiger partial charge is 0.384 e. The molecular weight excluding hydrogens is 246 g/mol. The summed E-state index contributed by atoms with van der Waals surface area (Å²) in [4.78, 5) is 0. The Hall–Kier alpha value is -1.74. The number of hydrogen-bond acceptors (Lipinski definition) is 1. The Morgan fingerprint density at radius 2 is 1.42 bits per heavy atom. The smallest absolute Gasteiger partial charge is 0.129 e. The van der Waals surface area contributed by atoms with Crippen molar-refractivity contribution in [2.75, 3.05) is 0 Å². The van der Waals surface area contributed by atoms with Crippen LogP contribution in [-0.4, -0.2) is 5.11 Å². The van der Waals surface area contributed by atoms with Crippen molar-refractivity contribution in [1.29, 1.82) is 0 Å². The highest BCUT2D eigenvalue weighted by atomic mass is 19.1. The molecule has 0 heterocycles. The van der Waals surface area contributed by atoms with E-state index < -0.39 is 17.7 Å². The maximum Gasteiger partial charge on any atom is 0.129 e. The highest BCUT2D eigenvalue weighted by Gasteiger charge is 2.17. The van der Waals surface area contributed by atoms with E-state index in [2.05, 4.69) is 0 Å². The second-order valence-electron chi connectivity index (χ2n) is 4.95. The summed E-state index contributed by atoms with van der Waals surface area (Å²) in [6, 6.07) is 7.68. The minimum atomic E-state index is -1.16. The number of aryl methyl sites for hydroxylation is 3. The van der Waals surface area contributed by atoms with Gasteiger partial charge in [0.1, 0.15) is 17.7 Å². The van der Waals surface area contributed by atoms with Gasteiger partial charge in [0.05, 0.1) is 0 Å². The van der Waals surface area contributed by atoms with Crippen LogP contribution in [0.25, 0.3) is 0 Å². The number of aliphatic hydroxyl groups is 1. The fourth-order valence-electron chi connectivity index (χ4n) is 2.22. The van der Waals surface area contributed by atoms with E-state index in [0.29, 0.717) is 5.56 Å². The summed E-state index contributed by atoms with van der Waals surface area (Å²) in [5, 5.41) is 10.2. The van der Waals surface area contributed by atoms with Crippen molar-refractivity contribution in [3.05, 3.63) is 69.8 Å². The van der Waals surface area contributed by atoms with E-state index in [-0.39, 0.29) is 11.1 Å². The first-order valence-electron chi connectivity index (χ1n) is 6.10. The van der Waals surface area contributed by atoms with E-state index in [9.17, 15) is 13.9 Å². The van der Waals surface area contributed by atoms with Crippen molar-refractivity contribution in [2.45, 2.75) is 26.9 Å². The summed E-state index contributed by atoms with van der Waals surface area (Å²) < 4.78 is 27.4. The molecule has 1 N–H and O–H groups in total. The molecule has 0 saturated heterocycles. The van der Waals surface area contributed by atoms with Crippen LogP contribution in [0.5, 0.6) is 0 Å². The Bertz CT molecular complexity index is 600. The third-order valence-corrected chi connectivity index (χ3v) is 3.13. The van der Waals surface area contributed by atoms with E-state index >= 15 is 0 Å². The molecule has 0 amide bonds. The Morgan fingerprint density at radius 1 is 0.842 bits per heavy atom. The van der Waals surface area contributed by atoms with Gasteiger partial charge in [-0.15, -0.1) is 0 Å². The monoisotopic (exact) mass is 262 g/mol. The lowest BCUT2D eigenvalue weighted by Gasteiger charge is -2.15. The molecule has 1 unspecified atom stereocenters. The molecule has 100 valence electrons. The Morgan fingerprint density at radius 3 is 2.00 bits per heavy atom. The molecule has 0 fully saturated rings. The molecule has 3 heteroatoms. The highest BCUT2D eigenvalue weighted by molar-refractivity contribution is 5.37. The molecular formula is C16H16F2O. The molecule has 0 aliphatic carbocycles. The van der Waals surface area contributed by atoms with Gasteiger partial charge in [-0.2, -0.15) is 0 Å². The minimum Gasteiger partial charge on any atom is -0.384 e. The normalized spacial score (nSPS) is 12.5. The second-order valence-corrected chi connectivity index (χ2v) is 4.95. The van der Waals surface area contributed by atoms with Crippen LogP contribution in [-0.2, 0) is 0 Å². The maximum atomic E-state index is 13.8. The van der Waals surface area contributed by atoms with Crippen LogP contribution < -0.4 is 0 Å². The molecule has 0 radical (unpaired) electrons. The van der Waals surface area contributed by atoms with Gasteiger partial charge in [-0.05, 0) is 44.0 Å². The van der Waals surface area contributed by atoms with Crippen molar-refractivity contribution < 1.29 is 13.9 Å². The Balaban J connectivity index is 2.49. The van der Waals surface area contributed by atoms with E-state index in [1.807, 2.05) is 19.9 Å². The van der Waals surface area contributed by atoms with Gasteiger partial charge in [-0.3, -0.25) is 0 Å². The third kappa shape index (κ3) is 2.82. The first-order valence-corrected chi connectivity index (χ1v) is 6.10. The van der Waals surface area contributed by atoms with Gasteiger partial charge in [-0.1, -0.05) is 29.3 Å². The number of benzene rings is 2. The Labute approximate surface area is 111 Å². The highest BCUT2D eigenvalue weighted by Crippen LogP contribution is 2.27. The van der Waals surface area contributed by atoms with Gasteiger partial charge in [-0.25, -0.2) is 8.78 Å². The van der Waals surface area contributed by atoms with Crippen LogP contribution >= 0.6 is 0 Å². The molecule has 2 aromatic rings. The zero-order chi connectivity index (χ0) is 14.2. The van der Waals surface area contributed by atoms with Crippen LogP contribution in [0.1, 0.15) is 33.9 Å². The van der Waals surface area contributed by atoms with Gasteiger partial charge in [0.25, 0.3) is 0 Å². The SMILES string of the molecule is Cc1cc(C)cc(C(O)c2cc(F)c(C)cc2F)c1. The quantitative estimate of drug-likeness (QED) is 0.868. The lowest BCUT2D eigenvalue weighted by molar-refractivity contribution is 0.214. The number of rotatable bonds is 2. The summed E-state index contributed by atoms with van der Waals surface area (Å²) in [6.07, 6.45) is -1.16. The van der Waals surface area contributed by atoms with E-state index in [1.165, 1.54) is 6.92 Å². The second kappa shape index (κ2) is 5.10. The molecule has 0 aromatic heterocycles. The lowest BCUT2D eigenvalue weighted by atomic mass is 9.97. The molecule has 0 saturated carbocycles. The van der Waals surface area contributed by atoms with Crippen molar-refractivity contribution in [3.63, 3.8) is 0 Å². The first-order chi connectivity index (χ1) is 8.88. The lowest BCUT2D eigenvalue weighted by Crippen LogP contribution is -2.05. The zero-order valence-corrected chi connectivity index (χ0v) is 11.2. The van der Waals surface area contributed by atoms with Crippen LogP contribution in [0.2, 0.25) is 0 Å². The predicted molar refractivity (Wildman–Crippen MR) is 71.1 cm³/mol. The molecule has 0 bridgehead atoms. The molecule has 2 rings (SSSR count). The number of hydrogen-bond donors (Lipinski definition) is 1. The zero-order valence-electron chi connectivity index (χ0n) is 11.2. The molecule has 0 spiro atoms. The maximum absolute atomic E-state index is 13.8. The molecule has 0 aliphatic rings. The van der Waals surface area contributed by atoms with Crippen molar-refractivity contribution in [1.82, 2.24) is 0 Å². The standard InChI is InChI=1S/C16H16F2O/c1-9-4-10(2)6-12(5-9)16(19)13-8-14(17)11(3)7-15(13)18/h4-8,16,19H,1-3H3. The van der Waals surface area contributed by atoms with Crippen LogP contribution in [0.3, 0.4) is 0 Å². The summed E-state index contributed by atoms with van der Waals surface area (Å²) in [7, 11) is 0. The van der Waals surface area contributed by atoms with Crippen LogP contribution in [0.4, 0.5) is 8.78 Å². The number of aliphatic hydroxyl groups excluding tert-OH is 1. The van der Waals surface area contributed by atoms with Gasteiger partial charge in [0.15, 0.2) is 0 Å². The third-order valence-electron chi connectivity index (χ3n) is 3.13. The minimum absolute atomic E-state index is 0.0342. The Kier molecular flexibility index (Phi) is 3.67. The van der Waals surface area contributed by atoms with Crippen molar-refractivity contribution >= 4 is 0 Å². The van der Waals surface area contributed by atoms with Crippen LogP contribution in [0, 0.1) is 32.4 Å². The predicted octanol–water partition coefficient (Wildman–Crippen LogP) is 3.97. The van der Waals surface area contributed by atoms with Crippen molar-refractivity contribution in [2.24, 2.45) is 0 Å². The summed E-state index contributed by atoms with van der Waals surface area (Å²) in [5.41, 5.74) is 2.71. The molecule has 2 aromatic carbocycles. The summed E-state index contributed by atoms with van der Waals surface area (Å²) >= 11 is 0. The van der Waals surface area contributed by atoms with Gasteiger partial charge in [0.2, 0.25) is 0 Å². The van der Waals surface area contributed by atoms with Gasteiger partial charge < -0.3 is 5.11 Å². The van der Waals surface area contributed by atoms with Gasteiger partial charge >= 0.3 is 0 Å². The van der Waals surface area contributed by atoms with E-state index in [4.69, 9.17) is 0 Å². The molecule has 1 nitrogen and oxygen atoms in total. The summed E-state index contributed by atoms with van der Waals surface area (Å²) in [6.45, 7) is 5.29. The fourth-order valence-corrected chi connectivity index (χ4v) is 2.22. The van der Waals surface area contributed by atoms with Crippen LogP contribution in [0.15, 0.2) is 30.3 Å². The molecule has 0 aliphatic heterocycles. The topological polar surface area (TPSA) is 20.2 Å².